The first-order valence-electron chi connectivity index (χ1n) is 13.0. The summed E-state index contributed by atoms with van der Waals surface area (Å²) in [5.74, 6) is -5.13. The van der Waals surface area contributed by atoms with Crippen molar-refractivity contribution in [1.29, 1.82) is 0 Å². The average molecular weight is 642 g/mol. The van der Waals surface area contributed by atoms with Gasteiger partial charge in [-0.1, -0.05) is 29.4 Å². The zero-order valence-corrected chi connectivity index (χ0v) is 24.8. The SMILES string of the molecule is CNC(C)C(=O)N[C@@H]1C(=O)N(Cc2noc3ccccc23)c2ccccc2N(C(=O)CS(C)(=O)=O)[C@H]1C.O=C(O)C(F)(F)F. The molecule has 1 aromatic heterocycles. The molecule has 2 aromatic carbocycles. The number of nitrogens with zero attached hydrogens (tertiary/aromatic N) is 3. The highest BCUT2D eigenvalue weighted by atomic mass is 32.2. The van der Waals surface area contributed by atoms with Crippen molar-refractivity contribution in [3.8, 4) is 0 Å². The minimum Gasteiger partial charge on any atom is -0.475 e. The van der Waals surface area contributed by atoms with E-state index in [1.54, 1.807) is 51.2 Å². The number of carbonyl (C=O) groups excluding carboxylic acids is 3. The summed E-state index contributed by atoms with van der Waals surface area (Å²) in [5, 5.41) is 17.6. The Bertz CT molecular complexity index is 1660. The quantitative estimate of drug-likeness (QED) is 0.345. The topological polar surface area (TPSA) is 179 Å². The van der Waals surface area contributed by atoms with Crippen LogP contribution < -0.4 is 20.4 Å². The van der Waals surface area contributed by atoms with Crippen LogP contribution in [-0.2, 0) is 35.6 Å². The molecule has 13 nitrogen and oxygen atoms in total. The number of likely N-dealkylation sites (N-methyl/N-ethyl adjacent to an activating group) is 1. The lowest BCUT2D eigenvalue weighted by Gasteiger charge is -2.32. The first kappa shape index (κ1) is 34.0. The summed E-state index contributed by atoms with van der Waals surface area (Å²) in [6, 6.07) is 11.3. The van der Waals surface area contributed by atoms with Crippen LogP contribution in [0.3, 0.4) is 0 Å². The molecule has 17 heteroatoms. The molecule has 0 fully saturated rings. The Morgan fingerprint density at radius 1 is 1.09 bits per heavy atom. The number of anilines is 2. The van der Waals surface area contributed by atoms with Gasteiger partial charge < -0.3 is 30.1 Å². The van der Waals surface area contributed by atoms with Gasteiger partial charge in [0.15, 0.2) is 15.4 Å². The fraction of sp³-hybridized carbons (Fsp3) is 0.370. The largest absolute Gasteiger partial charge is 0.490 e. The lowest BCUT2D eigenvalue weighted by Crippen LogP contribution is -2.60. The van der Waals surface area contributed by atoms with E-state index in [4.69, 9.17) is 14.4 Å². The van der Waals surface area contributed by atoms with E-state index in [2.05, 4.69) is 15.8 Å². The van der Waals surface area contributed by atoms with Gasteiger partial charge in [0.05, 0.1) is 30.0 Å². The number of carbonyl (C=O) groups is 4. The highest BCUT2D eigenvalue weighted by Gasteiger charge is 2.43. The molecular formula is C27H30F3N5O8S. The number of aliphatic carboxylic acids is 1. The zero-order chi connectivity index (χ0) is 33.0. The zero-order valence-electron chi connectivity index (χ0n) is 24.0. The summed E-state index contributed by atoms with van der Waals surface area (Å²) in [4.78, 5) is 51.9. The Balaban J connectivity index is 0.000000676. The van der Waals surface area contributed by atoms with Crippen molar-refractivity contribution in [2.75, 3.05) is 28.9 Å². The monoisotopic (exact) mass is 641 g/mol. The van der Waals surface area contributed by atoms with Crippen molar-refractivity contribution in [1.82, 2.24) is 15.8 Å². The number of aromatic nitrogens is 1. The van der Waals surface area contributed by atoms with E-state index in [0.717, 1.165) is 11.6 Å². The first-order chi connectivity index (χ1) is 20.5. The maximum atomic E-state index is 14.1. The molecule has 1 aliphatic heterocycles. The summed E-state index contributed by atoms with van der Waals surface area (Å²) in [6.07, 6.45) is -4.11. The maximum Gasteiger partial charge on any atom is 0.490 e. The first-order valence-corrected chi connectivity index (χ1v) is 15.0. The van der Waals surface area contributed by atoms with E-state index in [-0.39, 0.29) is 6.54 Å². The summed E-state index contributed by atoms with van der Waals surface area (Å²) in [6.45, 7) is 3.25. The molecule has 0 saturated heterocycles. The summed E-state index contributed by atoms with van der Waals surface area (Å²) in [5.41, 5.74) is 1.78. The number of carboxylic acids is 1. The van der Waals surface area contributed by atoms with Gasteiger partial charge in [0.1, 0.15) is 17.5 Å². The maximum absolute atomic E-state index is 14.1. The molecule has 1 aliphatic rings. The minimum absolute atomic E-state index is 0.00163. The average Bonchev–Trinajstić information content (AvgIpc) is 3.32. The Morgan fingerprint density at radius 3 is 2.23 bits per heavy atom. The predicted molar refractivity (Wildman–Crippen MR) is 152 cm³/mol. The number of halogens is 3. The Kier molecular flexibility index (Phi) is 10.4. The van der Waals surface area contributed by atoms with Gasteiger partial charge in [-0.05, 0) is 45.2 Å². The van der Waals surface area contributed by atoms with Crippen LogP contribution in [-0.4, -0.2) is 85.7 Å². The van der Waals surface area contributed by atoms with E-state index >= 15 is 0 Å². The molecule has 0 bridgehead atoms. The fourth-order valence-corrected chi connectivity index (χ4v) is 4.96. The van der Waals surface area contributed by atoms with E-state index in [9.17, 15) is 36.0 Å². The number of carboxylic acid groups (broad SMARTS) is 1. The van der Waals surface area contributed by atoms with Crippen molar-refractivity contribution in [2.45, 2.75) is 44.7 Å². The van der Waals surface area contributed by atoms with Crippen LogP contribution in [0.1, 0.15) is 19.5 Å². The molecule has 3 atom stereocenters. The molecule has 1 unspecified atom stereocenters. The Labute approximate surface area is 249 Å². The number of fused-ring (bicyclic) bond motifs is 2. The molecule has 4 rings (SSSR count). The van der Waals surface area contributed by atoms with Gasteiger partial charge in [-0.15, -0.1) is 0 Å². The molecule has 0 aliphatic carbocycles. The van der Waals surface area contributed by atoms with Crippen molar-refractivity contribution in [2.24, 2.45) is 0 Å². The highest BCUT2D eigenvalue weighted by Crippen LogP contribution is 2.37. The van der Waals surface area contributed by atoms with Gasteiger partial charge in [0.2, 0.25) is 11.8 Å². The standard InChI is InChI=1S/C25H29N5O6S.C2HF3O2/c1-15(26-3)24(32)27-23-16(2)30(22(31)14-37(4,34)35)20-11-7-6-10-19(20)29(25(23)33)13-18-17-9-5-8-12-21(17)36-28-18;3-2(4,5)1(6)7/h5-12,15-16,23,26H,13-14H2,1-4H3,(H,27,32);(H,6,7)/t15?,16-,23-;/m0./s1. The highest BCUT2D eigenvalue weighted by molar-refractivity contribution is 7.91. The number of amides is 3. The number of hydrogen-bond donors (Lipinski definition) is 3. The molecule has 3 amide bonds. The van der Waals surface area contributed by atoms with E-state index in [0.29, 0.717) is 22.7 Å². The van der Waals surface area contributed by atoms with Crippen LogP contribution in [0.2, 0.25) is 0 Å². The van der Waals surface area contributed by atoms with Crippen LogP contribution in [0.25, 0.3) is 11.0 Å². The van der Waals surface area contributed by atoms with Gasteiger partial charge in [-0.25, -0.2) is 13.2 Å². The lowest BCUT2D eigenvalue weighted by molar-refractivity contribution is -0.192. The molecule has 0 saturated carbocycles. The number of sulfone groups is 1. The number of hydrogen-bond acceptors (Lipinski definition) is 9. The van der Waals surface area contributed by atoms with Gasteiger partial charge in [0, 0.05) is 11.6 Å². The van der Waals surface area contributed by atoms with E-state index < -0.39 is 63.6 Å². The number of benzene rings is 2. The van der Waals surface area contributed by atoms with Crippen molar-refractivity contribution >= 4 is 55.9 Å². The summed E-state index contributed by atoms with van der Waals surface area (Å²) < 4.78 is 61.2. The normalized spacial score (nSPS) is 17.7. The number of nitrogens with one attached hydrogen (secondary N) is 2. The third-order valence-electron chi connectivity index (χ3n) is 6.63. The number of rotatable bonds is 7. The van der Waals surface area contributed by atoms with E-state index in [1.165, 1.54) is 9.80 Å². The fourth-order valence-electron chi connectivity index (χ4n) is 4.37. The van der Waals surface area contributed by atoms with Gasteiger partial charge in [0.25, 0.3) is 5.91 Å². The van der Waals surface area contributed by atoms with Crippen LogP contribution in [0, 0.1) is 0 Å². The minimum atomic E-state index is -5.08. The van der Waals surface area contributed by atoms with Crippen molar-refractivity contribution in [3.05, 3.63) is 54.2 Å². The molecule has 2 heterocycles. The van der Waals surface area contributed by atoms with Crippen LogP contribution in [0.4, 0.5) is 24.5 Å². The van der Waals surface area contributed by atoms with Crippen molar-refractivity contribution in [3.63, 3.8) is 0 Å². The van der Waals surface area contributed by atoms with E-state index in [1.807, 2.05) is 18.2 Å². The smallest absolute Gasteiger partial charge is 0.475 e. The lowest BCUT2D eigenvalue weighted by atomic mass is 10.1. The molecular weight excluding hydrogens is 611 g/mol. The van der Waals surface area contributed by atoms with Gasteiger partial charge in [-0.3, -0.25) is 14.4 Å². The van der Waals surface area contributed by atoms with Crippen molar-refractivity contribution < 1.29 is 50.4 Å². The summed E-state index contributed by atoms with van der Waals surface area (Å²) in [7, 11) is -2.06. The predicted octanol–water partition coefficient (Wildman–Crippen LogP) is 1.87. The molecule has 238 valence electrons. The van der Waals surface area contributed by atoms with Crippen LogP contribution in [0.5, 0.6) is 0 Å². The molecule has 3 N–H and O–H groups in total. The summed E-state index contributed by atoms with van der Waals surface area (Å²) >= 11 is 0. The second-order valence-electron chi connectivity index (χ2n) is 9.91. The molecule has 0 radical (unpaired) electrons. The molecule has 3 aromatic rings. The number of para-hydroxylation sites is 3. The Hall–Kier alpha value is -4.51. The van der Waals surface area contributed by atoms with Crippen LogP contribution in [0.15, 0.2) is 53.1 Å². The third-order valence-corrected chi connectivity index (χ3v) is 7.41. The third kappa shape index (κ3) is 7.90. The number of alkyl halides is 3. The molecule has 0 spiro atoms. The van der Waals surface area contributed by atoms with Gasteiger partial charge in [-0.2, -0.15) is 13.2 Å². The van der Waals surface area contributed by atoms with Crippen LogP contribution >= 0.6 is 0 Å². The molecule has 44 heavy (non-hydrogen) atoms. The second kappa shape index (κ2) is 13.4. The Morgan fingerprint density at radius 2 is 1.66 bits per heavy atom. The van der Waals surface area contributed by atoms with Gasteiger partial charge >= 0.3 is 12.1 Å². The second-order valence-corrected chi connectivity index (χ2v) is 12.1.